The summed E-state index contributed by atoms with van der Waals surface area (Å²) in [5, 5.41) is 10.1. The van der Waals surface area contributed by atoms with Gasteiger partial charge in [-0.15, -0.1) is 0 Å². The number of pyridine rings is 1. The largest absolute Gasteiger partial charge is 0.390 e. The first-order valence-electron chi connectivity index (χ1n) is 5.85. The highest BCUT2D eigenvalue weighted by Crippen LogP contribution is 2.30. The summed E-state index contributed by atoms with van der Waals surface area (Å²) in [5.41, 5.74) is 2.43. The van der Waals surface area contributed by atoms with Gasteiger partial charge in [-0.25, -0.2) is 8.42 Å². The van der Waals surface area contributed by atoms with Gasteiger partial charge in [0.2, 0.25) is 0 Å². The first-order valence-corrected chi connectivity index (χ1v) is 8.70. The normalized spacial score (nSPS) is 12.2. The molecule has 0 aliphatic heterocycles. The second-order valence-electron chi connectivity index (χ2n) is 4.49. The molecule has 7 heteroatoms. The van der Waals surface area contributed by atoms with E-state index in [9.17, 15) is 13.5 Å². The number of aryl methyl sites for hydroxylation is 1. The minimum absolute atomic E-state index is 0.0853. The maximum atomic E-state index is 11.1. The van der Waals surface area contributed by atoms with Crippen LogP contribution in [0.5, 0.6) is 0 Å². The predicted octanol–water partition coefficient (Wildman–Crippen LogP) is 1.79. The minimum atomic E-state index is -2.94. The fraction of sp³-hybridized carbons (Fsp3) is 0.417. The number of hydrogen-bond acceptors (Lipinski definition) is 4. The number of sulfone groups is 1. The summed E-state index contributed by atoms with van der Waals surface area (Å²) in [7, 11) is -2.94. The van der Waals surface area contributed by atoms with Gasteiger partial charge in [-0.1, -0.05) is 0 Å². The van der Waals surface area contributed by atoms with E-state index in [0.29, 0.717) is 18.5 Å². The molecule has 104 valence electrons. The van der Waals surface area contributed by atoms with Crippen LogP contribution in [-0.4, -0.2) is 35.5 Å². The van der Waals surface area contributed by atoms with E-state index < -0.39 is 9.84 Å². The van der Waals surface area contributed by atoms with E-state index in [1.807, 2.05) is 6.07 Å². The van der Waals surface area contributed by atoms with Crippen molar-refractivity contribution in [1.29, 1.82) is 0 Å². The van der Waals surface area contributed by atoms with Crippen LogP contribution in [-0.2, 0) is 22.9 Å². The van der Waals surface area contributed by atoms with Crippen LogP contribution in [0.2, 0.25) is 0 Å². The van der Waals surface area contributed by atoms with Crippen molar-refractivity contribution in [3.8, 4) is 0 Å². The Morgan fingerprint density at radius 2 is 2.21 bits per heavy atom. The molecule has 0 aromatic carbocycles. The molecular formula is C12H15BrN2O3S. The molecule has 0 atom stereocenters. The molecule has 0 saturated carbocycles. The SMILES string of the molecule is CS(=O)(=O)CCCc1nccc2[nH]c(CO)c(Br)c12. The highest BCUT2D eigenvalue weighted by Gasteiger charge is 2.13. The summed E-state index contributed by atoms with van der Waals surface area (Å²) >= 11 is 3.44. The first kappa shape index (κ1) is 14.5. The number of H-pyrrole nitrogens is 1. The van der Waals surface area contributed by atoms with Crippen molar-refractivity contribution < 1.29 is 13.5 Å². The summed E-state index contributed by atoms with van der Waals surface area (Å²) in [5.74, 6) is 0.153. The second kappa shape index (κ2) is 5.60. The van der Waals surface area contributed by atoms with Crippen molar-refractivity contribution in [3.05, 3.63) is 28.1 Å². The van der Waals surface area contributed by atoms with Gasteiger partial charge in [0.15, 0.2) is 0 Å². The molecule has 2 aromatic heterocycles. The van der Waals surface area contributed by atoms with Crippen LogP contribution < -0.4 is 0 Å². The number of halogens is 1. The molecule has 0 saturated heterocycles. The smallest absolute Gasteiger partial charge is 0.147 e. The Morgan fingerprint density at radius 1 is 1.47 bits per heavy atom. The Hall–Kier alpha value is -0.920. The Bertz CT molecular complexity index is 694. The highest BCUT2D eigenvalue weighted by molar-refractivity contribution is 9.10. The predicted molar refractivity (Wildman–Crippen MR) is 77.7 cm³/mol. The monoisotopic (exact) mass is 346 g/mol. The summed E-state index contributed by atoms with van der Waals surface area (Å²) in [4.78, 5) is 7.41. The van der Waals surface area contributed by atoms with Crippen molar-refractivity contribution in [2.75, 3.05) is 12.0 Å². The van der Waals surface area contributed by atoms with Crippen LogP contribution in [0.15, 0.2) is 16.7 Å². The number of hydrogen-bond donors (Lipinski definition) is 2. The third-order valence-corrected chi connectivity index (χ3v) is 4.79. The number of aliphatic hydroxyl groups excluding tert-OH is 1. The molecule has 0 aliphatic rings. The van der Waals surface area contributed by atoms with E-state index in [0.717, 1.165) is 21.1 Å². The summed E-state index contributed by atoms with van der Waals surface area (Å²) in [6, 6.07) is 1.83. The maximum absolute atomic E-state index is 11.1. The third kappa shape index (κ3) is 3.34. The summed E-state index contributed by atoms with van der Waals surface area (Å²) < 4.78 is 23.1. The average molecular weight is 347 g/mol. The van der Waals surface area contributed by atoms with E-state index in [1.54, 1.807) is 6.20 Å². The molecule has 0 fully saturated rings. The molecule has 0 aliphatic carbocycles. The van der Waals surface area contributed by atoms with Crippen molar-refractivity contribution in [1.82, 2.24) is 9.97 Å². The van der Waals surface area contributed by atoms with Gasteiger partial charge in [-0.2, -0.15) is 0 Å². The summed E-state index contributed by atoms with van der Waals surface area (Å²) in [6.07, 6.45) is 4.04. The van der Waals surface area contributed by atoms with Crippen molar-refractivity contribution in [3.63, 3.8) is 0 Å². The first-order chi connectivity index (χ1) is 8.92. The van der Waals surface area contributed by atoms with Gasteiger partial charge in [0, 0.05) is 17.8 Å². The van der Waals surface area contributed by atoms with Crippen LogP contribution in [0.25, 0.3) is 10.9 Å². The average Bonchev–Trinajstić information content (AvgIpc) is 2.65. The highest BCUT2D eigenvalue weighted by atomic mass is 79.9. The Balaban J connectivity index is 2.30. The van der Waals surface area contributed by atoms with Gasteiger partial charge in [0.05, 0.1) is 33.7 Å². The van der Waals surface area contributed by atoms with E-state index >= 15 is 0 Å². The lowest BCUT2D eigenvalue weighted by molar-refractivity contribution is 0.277. The molecule has 2 aromatic rings. The van der Waals surface area contributed by atoms with Gasteiger partial charge in [0.25, 0.3) is 0 Å². The Labute approximate surface area is 120 Å². The lowest BCUT2D eigenvalue weighted by atomic mass is 10.1. The zero-order valence-electron chi connectivity index (χ0n) is 10.5. The molecule has 0 unspecified atom stereocenters. The maximum Gasteiger partial charge on any atom is 0.147 e. The molecule has 0 spiro atoms. The number of nitrogens with zero attached hydrogens (tertiary/aromatic N) is 1. The molecule has 2 N–H and O–H groups in total. The molecule has 2 rings (SSSR count). The van der Waals surface area contributed by atoms with E-state index in [-0.39, 0.29) is 12.4 Å². The quantitative estimate of drug-likeness (QED) is 0.864. The van der Waals surface area contributed by atoms with E-state index in [4.69, 9.17) is 0 Å². The third-order valence-electron chi connectivity index (χ3n) is 2.89. The molecule has 0 bridgehead atoms. The second-order valence-corrected chi connectivity index (χ2v) is 7.54. The fourth-order valence-electron chi connectivity index (χ4n) is 2.02. The fourth-order valence-corrected chi connectivity index (χ4v) is 3.36. The lowest BCUT2D eigenvalue weighted by Crippen LogP contribution is -2.04. The van der Waals surface area contributed by atoms with Crippen molar-refractivity contribution in [2.45, 2.75) is 19.4 Å². The number of fused-ring (bicyclic) bond motifs is 1. The zero-order valence-corrected chi connectivity index (χ0v) is 12.9. The Morgan fingerprint density at radius 3 is 2.84 bits per heavy atom. The van der Waals surface area contributed by atoms with Crippen LogP contribution in [0.1, 0.15) is 17.8 Å². The van der Waals surface area contributed by atoms with Gasteiger partial charge in [0.1, 0.15) is 9.84 Å². The van der Waals surface area contributed by atoms with Gasteiger partial charge >= 0.3 is 0 Å². The number of rotatable bonds is 5. The van der Waals surface area contributed by atoms with Crippen LogP contribution in [0, 0.1) is 0 Å². The van der Waals surface area contributed by atoms with Crippen molar-refractivity contribution >= 4 is 36.7 Å². The Kier molecular flexibility index (Phi) is 4.27. The van der Waals surface area contributed by atoms with Gasteiger partial charge in [-0.3, -0.25) is 4.98 Å². The minimum Gasteiger partial charge on any atom is -0.390 e. The van der Waals surface area contributed by atoms with Crippen LogP contribution in [0.4, 0.5) is 0 Å². The van der Waals surface area contributed by atoms with Gasteiger partial charge in [-0.05, 0) is 34.8 Å². The molecule has 19 heavy (non-hydrogen) atoms. The topological polar surface area (TPSA) is 83.0 Å². The van der Waals surface area contributed by atoms with Crippen LogP contribution >= 0.6 is 15.9 Å². The van der Waals surface area contributed by atoms with Gasteiger partial charge < -0.3 is 10.1 Å². The van der Waals surface area contributed by atoms with Crippen molar-refractivity contribution in [2.24, 2.45) is 0 Å². The number of aromatic amines is 1. The molecule has 0 amide bonds. The molecule has 0 radical (unpaired) electrons. The number of aromatic nitrogens is 2. The molecule has 2 heterocycles. The number of nitrogens with one attached hydrogen (secondary N) is 1. The van der Waals surface area contributed by atoms with E-state index in [2.05, 4.69) is 25.9 Å². The number of aliphatic hydroxyl groups is 1. The van der Waals surface area contributed by atoms with E-state index in [1.165, 1.54) is 6.26 Å². The molecule has 5 nitrogen and oxygen atoms in total. The molecular weight excluding hydrogens is 332 g/mol. The summed E-state index contributed by atoms with van der Waals surface area (Å²) in [6.45, 7) is -0.0853. The lowest BCUT2D eigenvalue weighted by Gasteiger charge is -2.02. The van der Waals surface area contributed by atoms with Crippen LogP contribution in [0.3, 0.4) is 0 Å². The zero-order chi connectivity index (χ0) is 14.0. The standard InChI is InChI=1S/C12H15BrN2O3S/c1-19(17,18)6-2-3-8-11-9(4-5-14-8)15-10(7-16)12(11)13/h4-5,15-16H,2-3,6-7H2,1H3.